The van der Waals surface area contributed by atoms with E-state index in [0.717, 1.165) is 16.7 Å². The lowest BCUT2D eigenvalue weighted by Gasteiger charge is -2.20. The highest BCUT2D eigenvalue weighted by Gasteiger charge is 2.35. The van der Waals surface area contributed by atoms with E-state index in [2.05, 4.69) is 29.2 Å². The van der Waals surface area contributed by atoms with Crippen molar-refractivity contribution in [2.75, 3.05) is 21.3 Å². The molecule has 2 aliphatic heterocycles. The highest BCUT2D eigenvalue weighted by atomic mass is 19.2. The summed E-state index contributed by atoms with van der Waals surface area (Å²) >= 11 is 0. The maximum Gasteiger partial charge on any atom is 0.310 e. The standard InChI is InChI=1S/C15H19FO3.C14H17FO3.C14H15FO2.C12H15FO3.C12H13FO3.C11H11FO3.C11H11FO2/c1-4-5-12(15(17)18)9-14(19-3)11-6-7-13(16)10(2)8-11;1-3-4-11(14(17)18)8-13(16)10-5-6-12(15)9(2)7-10;1-3-4-11-8-13(17-14(11)16)10-5-6-12(15)9(2)7-10;2*1-8-7-9(3-4-10(8)13)11(14)5-6-12(15)16-2;1-7-6-8(2-3-9(7)12)10(13)4-5-11(14)15;1-7-6-8(2-3-9(7)12)10-4-5-11(13)14-10/h4,6-8,12,14H,1,5,9H2,2-3H3,(H,17,18);3,5-7,11,13,16H,1,4,8H2,2H3,(H,17,18);3,5-7,11,13H,1,4,8H2,2H3;3-4,7,11,14H,5-6H2,1-2H3;3-4,7H,5-6H2,1-2H3;2-3,6H,4-5H2,1H3,(H,14,15);2-3,6,10H,4-5H2,1H3/t12-,14?;2*11-,13+;11-;;;10-/m0001..1/s1. The van der Waals surface area contributed by atoms with Crippen LogP contribution in [0.1, 0.15) is 208 Å². The van der Waals surface area contributed by atoms with Gasteiger partial charge in [-0.1, -0.05) is 66.8 Å². The molecule has 9 rings (SSSR count). The number of carbonyl (C=O) groups excluding carboxylic acids is 6. The second-order valence-corrected chi connectivity index (χ2v) is 27.1. The summed E-state index contributed by atoms with van der Waals surface area (Å²) in [6.45, 7) is 22.1. The number of Topliss-reactive ketones (excluding diaryl/α,β-unsaturated/α-hetero) is 2. The third-order valence-corrected chi connectivity index (χ3v) is 18.3. The third-order valence-electron chi connectivity index (χ3n) is 18.3. The summed E-state index contributed by atoms with van der Waals surface area (Å²) in [4.78, 5) is 99.5. The largest absolute Gasteiger partial charge is 0.481 e. The fraction of sp³-hybridized carbons (Fsp3) is 0.360. The maximum absolute atomic E-state index is 13.2. The molecule has 2 aliphatic rings. The number of ether oxygens (including phenoxy) is 5. The minimum absolute atomic E-state index is 0.0474. The molecule has 19 nitrogen and oxygen atoms in total. The number of aliphatic hydroxyl groups is 2. The lowest BCUT2D eigenvalue weighted by Crippen LogP contribution is -2.17. The molecule has 115 heavy (non-hydrogen) atoms. The number of carboxylic acid groups (broad SMARTS) is 3. The Labute approximate surface area is 665 Å². The molecule has 620 valence electrons. The van der Waals surface area contributed by atoms with E-state index >= 15 is 0 Å². The molecule has 0 spiro atoms. The van der Waals surface area contributed by atoms with Gasteiger partial charge in [-0.3, -0.25) is 43.2 Å². The Hall–Kier alpha value is -11.2. The van der Waals surface area contributed by atoms with E-state index in [1.807, 2.05) is 0 Å². The van der Waals surface area contributed by atoms with Gasteiger partial charge in [-0.2, -0.15) is 0 Å². The van der Waals surface area contributed by atoms with Crippen LogP contribution in [0, 0.1) is 107 Å². The van der Waals surface area contributed by atoms with Crippen LogP contribution in [0.4, 0.5) is 30.7 Å². The van der Waals surface area contributed by atoms with E-state index in [4.69, 9.17) is 29.5 Å². The molecule has 0 aliphatic carbocycles. The molecule has 0 amide bonds. The number of halogens is 7. The van der Waals surface area contributed by atoms with E-state index in [1.165, 1.54) is 112 Å². The van der Waals surface area contributed by atoms with Gasteiger partial charge in [0.2, 0.25) is 0 Å². The van der Waals surface area contributed by atoms with E-state index in [0.29, 0.717) is 106 Å². The molecule has 8 atom stereocenters. The van der Waals surface area contributed by atoms with Gasteiger partial charge >= 0.3 is 41.8 Å². The highest BCUT2D eigenvalue weighted by molar-refractivity contribution is 5.98. The summed E-state index contributed by atoms with van der Waals surface area (Å²) in [5.41, 5.74) is 7.86. The Kier molecular flexibility index (Phi) is 42.7. The van der Waals surface area contributed by atoms with Gasteiger partial charge in [0.25, 0.3) is 0 Å². The predicted octanol–water partition coefficient (Wildman–Crippen LogP) is 18.7. The minimum Gasteiger partial charge on any atom is -0.481 e. The molecule has 2 saturated heterocycles. The van der Waals surface area contributed by atoms with Crippen molar-refractivity contribution < 1.29 is 123 Å². The van der Waals surface area contributed by atoms with Crippen molar-refractivity contribution in [3.05, 3.63) is 284 Å². The van der Waals surface area contributed by atoms with Gasteiger partial charge in [0, 0.05) is 50.3 Å². The van der Waals surface area contributed by atoms with Crippen LogP contribution in [0.2, 0.25) is 0 Å². The Morgan fingerprint density at radius 3 is 1.23 bits per heavy atom. The number of hydrogen-bond donors (Lipinski definition) is 5. The molecule has 26 heteroatoms. The average Bonchev–Trinajstić information content (AvgIpc) is 1.70. The first-order valence-electron chi connectivity index (χ1n) is 36.6. The number of esters is 4. The molecular weight excluding hydrogens is 1510 g/mol. The number of aliphatic hydroxyl groups excluding tert-OH is 2. The number of rotatable bonds is 29. The molecule has 7 aromatic carbocycles. The summed E-state index contributed by atoms with van der Waals surface area (Å²) in [5, 5.41) is 46.2. The number of allylic oxidation sites excluding steroid dienone is 3. The van der Waals surface area contributed by atoms with Crippen molar-refractivity contribution in [1.82, 2.24) is 0 Å². The molecule has 0 bridgehead atoms. The lowest BCUT2D eigenvalue weighted by atomic mass is 9.93. The molecule has 0 aromatic heterocycles. The van der Waals surface area contributed by atoms with Crippen LogP contribution in [0.3, 0.4) is 0 Å². The van der Waals surface area contributed by atoms with Crippen molar-refractivity contribution in [3.63, 3.8) is 0 Å². The van der Waals surface area contributed by atoms with Crippen molar-refractivity contribution in [3.8, 4) is 0 Å². The van der Waals surface area contributed by atoms with E-state index in [9.17, 15) is 84.1 Å². The quantitative estimate of drug-likeness (QED) is 0.00956. The molecule has 2 fully saturated rings. The first-order chi connectivity index (χ1) is 54.3. The predicted molar refractivity (Wildman–Crippen MR) is 417 cm³/mol. The molecule has 7 aromatic rings. The van der Waals surface area contributed by atoms with Crippen molar-refractivity contribution in [2.24, 2.45) is 17.8 Å². The SMILES string of the molecule is C=CC[C@@H](CC(OC)c1ccc(F)c(C)c1)C(=O)O.C=CC[C@@H](C[C@@H](O)c1ccc(F)c(C)c1)C(=O)O.C=CC[C@H]1C[C@H](c2ccc(F)c(C)c2)OC1=O.COC(=O)CCC(=O)c1ccc(F)c(C)c1.COC(=O)CC[C@@H](O)c1ccc(F)c(C)c1.Cc1cc(C(=O)CCC(=O)O)ccc1F.Cc1cc([C@H]2CCC(=O)O2)ccc1F. The Bertz CT molecular complexity index is 4480. The number of aryl methyl sites for hydroxylation is 7. The number of carbonyl (C=O) groups is 9. The second-order valence-electron chi connectivity index (χ2n) is 27.1. The van der Waals surface area contributed by atoms with Gasteiger partial charge in [-0.05, 0) is 239 Å². The van der Waals surface area contributed by atoms with Gasteiger partial charge in [-0.15, -0.1) is 19.7 Å². The summed E-state index contributed by atoms with van der Waals surface area (Å²) in [7, 11) is 4.10. The fourth-order valence-corrected chi connectivity index (χ4v) is 11.4. The Balaban J connectivity index is 0.000000348. The zero-order valence-electron chi connectivity index (χ0n) is 66.1. The minimum atomic E-state index is -1.01. The van der Waals surface area contributed by atoms with Crippen molar-refractivity contribution in [1.29, 1.82) is 0 Å². The number of methoxy groups -OCH3 is 3. The highest BCUT2D eigenvalue weighted by Crippen LogP contribution is 2.37. The van der Waals surface area contributed by atoms with Gasteiger partial charge in [0.15, 0.2) is 11.6 Å². The van der Waals surface area contributed by atoms with E-state index in [-0.39, 0.29) is 139 Å². The van der Waals surface area contributed by atoms with E-state index in [1.54, 1.807) is 103 Å². The normalized spacial score (nSPS) is 14.9. The molecule has 0 radical (unpaired) electrons. The van der Waals surface area contributed by atoms with Crippen LogP contribution in [-0.2, 0) is 57.2 Å². The summed E-state index contributed by atoms with van der Waals surface area (Å²) in [6, 6.07) is 31.2. The topological polar surface area (TPSA) is 301 Å². The molecule has 2 heterocycles. The number of hydrogen-bond acceptors (Lipinski definition) is 16. The first kappa shape index (κ1) is 98.0. The van der Waals surface area contributed by atoms with Crippen LogP contribution in [0.25, 0.3) is 0 Å². The van der Waals surface area contributed by atoms with Crippen molar-refractivity contribution >= 4 is 53.4 Å². The second kappa shape index (κ2) is 50.1. The molecule has 1 unspecified atom stereocenters. The van der Waals surface area contributed by atoms with Crippen LogP contribution >= 0.6 is 0 Å². The van der Waals surface area contributed by atoms with Gasteiger partial charge in [-0.25, -0.2) is 30.7 Å². The van der Waals surface area contributed by atoms with Gasteiger partial charge < -0.3 is 49.2 Å². The van der Waals surface area contributed by atoms with Crippen molar-refractivity contribution in [2.45, 2.75) is 169 Å². The number of ketones is 2. The summed E-state index contributed by atoms with van der Waals surface area (Å²) in [6.07, 6.45) is 6.21. The number of cyclic esters (lactones) is 2. The van der Waals surface area contributed by atoms with Gasteiger partial charge in [0.05, 0.1) is 63.1 Å². The van der Waals surface area contributed by atoms with Gasteiger partial charge in [0.1, 0.15) is 52.9 Å². The monoisotopic (exact) mass is 1610 g/mol. The van der Waals surface area contributed by atoms with Crippen LogP contribution in [-0.4, -0.2) is 100 Å². The summed E-state index contributed by atoms with van der Waals surface area (Å²) in [5.74, 6) is -7.88. The van der Waals surface area contributed by atoms with Crippen LogP contribution < -0.4 is 0 Å². The number of benzene rings is 7. The lowest BCUT2D eigenvalue weighted by molar-refractivity contribution is -0.145. The third kappa shape index (κ3) is 34.2. The molecular formula is C89H101F7O19. The Morgan fingerprint density at radius 1 is 0.461 bits per heavy atom. The Morgan fingerprint density at radius 2 is 0.843 bits per heavy atom. The number of carboxylic acids is 3. The average molecular weight is 1610 g/mol. The first-order valence-corrected chi connectivity index (χ1v) is 36.6. The maximum atomic E-state index is 13.2. The zero-order chi connectivity index (χ0) is 86.3. The smallest absolute Gasteiger partial charge is 0.310 e. The number of aliphatic carboxylic acids is 3. The molecule has 5 N–H and O–H groups in total. The van der Waals surface area contributed by atoms with Crippen LogP contribution in [0.5, 0.6) is 0 Å². The summed E-state index contributed by atoms with van der Waals surface area (Å²) < 4.78 is 116. The van der Waals surface area contributed by atoms with Crippen LogP contribution in [0.15, 0.2) is 165 Å². The molecule has 0 saturated carbocycles. The zero-order valence-corrected chi connectivity index (χ0v) is 66.1. The fourth-order valence-electron chi connectivity index (χ4n) is 11.4. The van der Waals surface area contributed by atoms with E-state index < -0.39 is 47.9 Å².